The first kappa shape index (κ1) is 12.8. The van der Waals surface area contributed by atoms with Crippen LogP contribution in [0.15, 0.2) is 24.3 Å². The monoisotopic (exact) mass is 253 g/mol. The van der Waals surface area contributed by atoms with Crippen molar-refractivity contribution in [3.63, 3.8) is 0 Å². The molecule has 2 atom stereocenters. The largest absolute Gasteiger partial charge is 0.315 e. The molecule has 2 rings (SSSR count). The number of nitrogens with one attached hydrogen (secondary N) is 3. The van der Waals surface area contributed by atoms with Crippen molar-refractivity contribution in [2.75, 3.05) is 13.1 Å². The molecule has 4 heteroatoms. The summed E-state index contributed by atoms with van der Waals surface area (Å²) in [6, 6.07) is 8.92. The van der Waals surface area contributed by atoms with Gasteiger partial charge in [0.1, 0.15) is 0 Å². The summed E-state index contributed by atoms with van der Waals surface area (Å²) in [5, 5.41) is 4.23. The highest BCUT2D eigenvalue weighted by atomic mass is 35.5. The SMILES string of the molecule is CCCNCC1CC(c2cccc(Cl)c2)NN1. The third-order valence-corrected chi connectivity index (χ3v) is 3.29. The highest BCUT2D eigenvalue weighted by Crippen LogP contribution is 2.24. The summed E-state index contributed by atoms with van der Waals surface area (Å²) in [7, 11) is 0. The number of benzene rings is 1. The maximum absolute atomic E-state index is 6.00. The van der Waals surface area contributed by atoms with E-state index in [9.17, 15) is 0 Å². The summed E-state index contributed by atoms with van der Waals surface area (Å²) in [5.41, 5.74) is 7.91. The van der Waals surface area contributed by atoms with Gasteiger partial charge in [-0.15, -0.1) is 0 Å². The fourth-order valence-corrected chi connectivity index (χ4v) is 2.35. The summed E-state index contributed by atoms with van der Waals surface area (Å²) in [6.45, 7) is 4.28. The van der Waals surface area contributed by atoms with Gasteiger partial charge in [0, 0.05) is 23.7 Å². The van der Waals surface area contributed by atoms with Crippen LogP contribution in [-0.4, -0.2) is 19.1 Å². The van der Waals surface area contributed by atoms with Gasteiger partial charge in [-0.25, -0.2) is 5.43 Å². The van der Waals surface area contributed by atoms with Gasteiger partial charge in [-0.2, -0.15) is 0 Å². The van der Waals surface area contributed by atoms with E-state index < -0.39 is 0 Å². The van der Waals surface area contributed by atoms with Gasteiger partial charge in [0.05, 0.1) is 0 Å². The molecule has 3 N–H and O–H groups in total. The third-order valence-electron chi connectivity index (χ3n) is 3.05. The lowest BCUT2D eigenvalue weighted by atomic mass is 10.0. The Balaban J connectivity index is 1.85. The summed E-state index contributed by atoms with van der Waals surface area (Å²) < 4.78 is 0. The summed E-state index contributed by atoms with van der Waals surface area (Å²) in [4.78, 5) is 0. The van der Waals surface area contributed by atoms with E-state index in [0.717, 1.165) is 24.5 Å². The van der Waals surface area contributed by atoms with Crippen molar-refractivity contribution >= 4 is 11.6 Å². The molecule has 94 valence electrons. The fourth-order valence-electron chi connectivity index (χ4n) is 2.15. The fraction of sp³-hybridized carbons (Fsp3) is 0.538. The Labute approximate surface area is 108 Å². The van der Waals surface area contributed by atoms with Gasteiger partial charge >= 0.3 is 0 Å². The van der Waals surface area contributed by atoms with Crippen molar-refractivity contribution in [1.82, 2.24) is 16.2 Å². The second-order valence-corrected chi connectivity index (χ2v) is 4.97. The van der Waals surface area contributed by atoms with Crippen LogP contribution in [0.1, 0.15) is 31.4 Å². The highest BCUT2D eigenvalue weighted by Gasteiger charge is 2.24. The van der Waals surface area contributed by atoms with Gasteiger partial charge < -0.3 is 5.32 Å². The Kier molecular flexibility index (Phi) is 4.80. The summed E-state index contributed by atoms with van der Waals surface area (Å²) >= 11 is 6.00. The maximum Gasteiger partial charge on any atom is 0.0478 e. The predicted molar refractivity (Wildman–Crippen MR) is 72.0 cm³/mol. The van der Waals surface area contributed by atoms with E-state index in [-0.39, 0.29) is 0 Å². The second kappa shape index (κ2) is 6.36. The predicted octanol–water partition coefficient (Wildman–Crippen LogP) is 2.25. The Bertz CT molecular complexity index is 356. The molecular weight excluding hydrogens is 234 g/mol. The quantitative estimate of drug-likeness (QED) is 0.705. The topological polar surface area (TPSA) is 36.1 Å². The molecule has 1 aliphatic heterocycles. The lowest BCUT2D eigenvalue weighted by Gasteiger charge is -2.10. The van der Waals surface area contributed by atoms with Crippen molar-refractivity contribution in [1.29, 1.82) is 0 Å². The molecule has 0 radical (unpaired) electrons. The van der Waals surface area contributed by atoms with Crippen molar-refractivity contribution in [2.45, 2.75) is 31.8 Å². The summed E-state index contributed by atoms with van der Waals surface area (Å²) in [6.07, 6.45) is 2.27. The van der Waals surface area contributed by atoms with E-state index in [4.69, 9.17) is 11.6 Å². The molecule has 0 amide bonds. The number of hydrazine groups is 1. The Morgan fingerprint density at radius 2 is 2.29 bits per heavy atom. The molecule has 1 aromatic rings. The van der Waals surface area contributed by atoms with Gasteiger partial charge in [-0.05, 0) is 37.1 Å². The van der Waals surface area contributed by atoms with Crippen molar-refractivity contribution < 1.29 is 0 Å². The smallest absolute Gasteiger partial charge is 0.0478 e. The van der Waals surface area contributed by atoms with E-state index in [1.807, 2.05) is 18.2 Å². The highest BCUT2D eigenvalue weighted by molar-refractivity contribution is 6.30. The van der Waals surface area contributed by atoms with E-state index >= 15 is 0 Å². The normalized spacial score (nSPS) is 24.1. The van der Waals surface area contributed by atoms with E-state index in [1.165, 1.54) is 12.0 Å². The van der Waals surface area contributed by atoms with Crippen LogP contribution in [0.3, 0.4) is 0 Å². The Morgan fingerprint density at radius 3 is 3.06 bits per heavy atom. The molecule has 2 unspecified atom stereocenters. The molecule has 3 nitrogen and oxygen atoms in total. The first-order valence-corrected chi connectivity index (χ1v) is 6.64. The molecule has 1 heterocycles. The first-order chi connectivity index (χ1) is 8.29. The van der Waals surface area contributed by atoms with Crippen LogP contribution in [0.4, 0.5) is 0 Å². The van der Waals surface area contributed by atoms with Crippen molar-refractivity contribution in [3.05, 3.63) is 34.9 Å². The minimum atomic E-state index is 0.363. The minimum Gasteiger partial charge on any atom is -0.315 e. The zero-order valence-electron chi connectivity index (χ0n) is 10.2. The molecule has 17 heavy (non-hydrogen) atoms. The van der Waals surface area contributed by atoms with E-state index in [0.29, 0.717) is 12.1 Å². The van der Waals surface area contributed by atoms with E-state index in [1.54, 1.807) is 0 Å². The Morgan fingerprint density at radius 1 is 1.41 bits per heavy atom. The summed E-state index contributed by atoms with van der Waals surface area (Å²) in [5.74, 6) is 0. The number of rotatable bonds is 5. The van der Waals surface area contributed by atoms with Crippen LogP contribution in [-0.2, 0) is 0 Å². The molecule has 0 aromatic heterocycles. The van der Waals surface area contributed by atoms with E-state index in [2.05, 4.69) is 29.2 Å². The molecule has 0 aliphatic carbocycles. The molecule has 0 saturated carbocycles. The second-order valence-electron chi connectivity index (χ2n) is 4.53. The lowest BCUT2D eigenvalue weighted by Crippen LogP contribution is -2.38. The van der Waals surface area contributed by atoms with Gasteiger partial charge in [0.2, 0.25) is 0 Å². The molecular formula is C13H20ClN3. The van der Waals surface area contributed by atoms with Crippen LogP contribution in [0.2, 0.25) is 5.02 Å². The standard InChI is InChI=1S/C13H20ClN3/c1-2-6-15-9-12-8-13(17-16-12)10-4-3-5-11(14)7-10/h3-5,7,12-13,15-17H,2,6,8-9H2,1H3. The zero-order chi connectivity index (χ0) is 12.1. The maximum atomic E-state index is 6.00. The average Bonchev–Trinajstić information content (AvgIpc) is 2.78. The van der Waals surface area contributed by atoms with Gasteiger partial charge in [-0.1, -0.05) is 30.7 Å². The molecule has 1 saturated heterocycles. The van der Waals surface area contributed by atoms with Crippen LogP contribution in [0, 0.1) is 0 Å². The van der Waals surface area contributed by atoms with Gasteiger partial charge in [-0.3, -0.25) is 5.43 Å². The molecule has 0 bridgehead atoms. The number of halogens is 1. The van der Waals surface area contributed by atoms with Crippen LogP contribution in [0.25, 0.3) is 0 Å². The van der Waals surface area contributed by atoms with Gasteiger partial charge in [0.15, 0.2) is 0 Å². The molecule has 1 aliphatic rings. The van der Waals surface area contributed by atoms with Crippen LogP contribution in [0.5, 0.6) is 0 Å². The van der Waals surface area contributed by atoms with Crippen LogP contribution >= 0.6 is 11.6 Å². The Hall–Kier alpha value is -0.610. The van der Waals surface area contributed by atoms with Gasteiger partial charge in [0.25, 0.3) is 0 Å². The third kappa shape index (κ3) is 3.68. The van der Waals surface area contributed by atoms with Crippen LogP contribution < -0.4 is 16.2 Å². The van der Waals surface area contributed by atoms with Crippen molar-refractivity contribution in [2.24, 2.45) is 0 Å². The lowest BCUT2D eigenvalue weighted by molar-refractivity contribution is 0.505. The zero-order valence-corrected chi connectivity index (χ0v) is 10.9. The first-order valence-electron chi connectivity index (χ1n) is 6.27. The minimum absolute atomic E-state index is 0.363. The molecule has 1 fully saturated rings. The number of hydrogen-bond donors (Lipinski definition) is 3. The average molecular weight is 254 g/mol. The van der Waals surface area contributed by atoms with Crippen molar-refractivity contribution in [3.8, 4) is 0 Å². The number of hydrogen-bond acceptors (Lipinski definition) is 3. The molecule has 1 aromatic carbocycles. The molecule has 0 spiro atoms.